The predicted octanol–water partition coefficient (Wildman–Crippen LogP) is 0.867. The zero-order valence-corrected chi connectivity index (χ0v) is 7.90. The van der Waals surface area contributed by atoms with E-state index >= 15 is 0 Å². The first-order valence-corrected chi connectivity index (χ1v) is 4.95. The number of hydrogen-bond acceptors (Lipinski definition) is 1. The second kappa shape index (κ2) is 2.95. The van der Waals surface area contributed by atoms with Crippen molar-refractivity contribution in [2.75, 3.05) is 0 Å². The topological polar surface area (TPSA) is 12.9 Å². The highest BCUT2D eigenvalue weighted by atomic mass is 14.6. The summed E-state index contributed by atoms with van der Waals surface area (Å²) in [7, 11) is 0. The number of fused-ring (bicyclic) bond motifs is 3. The Balaban J connectivity index is 2.39. The summed E-state index contributed by atoms with van der Waals surface area (Å²) in [6.45, 7) is 0. The Morgan fingerprint density at radius 3 is 2.64 bits per heavy atom. The maximum atomic E-state index is 4.46. The van der Waals surface area contributed by atoms with Gasteiger partial charge in [0, 0.05) is 6.20 Å². The molecule has 2 aliphatic carbocycles. The summed E-state index contributed by atoms with van der Waals surface area (Å²) >= 11 is 0. The lowest BCUT2D eigenvalue weighted by Gasteiger charge is -2.11. The van der Waals surface area contributed by atoms with Gasteiger partial charge in [0.1, 0.15) is 0 Å². The Hall–Kier alpha value is -1.63. The van der Waals surface area contributed by atoms with Crippen LogP contribution in [0.1, 0.15) is 11.1 Å². The summed E-state index contributed by atoms with van der Waals surface area (Å²) in [6, 6.07) is 0. The van der Waals surface area contributed by atoms with E-state index in [0.29, 0.717) is 0 Å². The fourth-order valence-electron chi connectivity index (χ4n) is 2.08. The van der Waals surface area contributed by atoms with E-state index in [1.165, 1.54) is 16.3 Å². The van der Waals surface area contributed by atoms with Gasteiger partial charge in [0.25, 0.3) is 0 Å². The van der Waals surface area contributed by atoms with Crippen molar-refractivity contribution < 1.29 is 0 Å². The van der Waals surface area contributed by atoms with Crippen LogP contribution in [-0.2, 0) is 12.8 Å². The van der Waals surface area contributed by atoms with Crippen LogP contribution in [-0.4, -0.2) is 4.98 Å². The molecule has 68 valence electrons. The van der Waals surface area contributed by atoms with Crippen LogP contribution in [0.2, 0.25) is 0 Å². The number of hydrogen-bond donors (Lipinski definition) is 0. The van der Waals surface area contributed by atoms with Crippen molar-refractivity contribution in [2.24, 2.45) is 0 Å². The summed E-state index contributed by atoms with van der Waals surface area (Å²) in [5, 5.41) is 2.44. The Bertz CT molecular complexity index is 496. The minimum Gasteiger partial charge on any atom is -0.256 e. The Labute approximate surface area is 82.8 Å². The van der Waals surface area contributed by atoms with Crippen molar-refractivity contribution in [3.05, 3.63) is 52.2 Å². The van der Waals surface area contributed by atoms with E-state index in [2.05, 4.69) is 41.4 Å². The fourth-order valence-corrected chi connectivity index (χ4v) is 2.08. The molecular weight excluding hydrogens is 170 g/mol. The summed E-state index contributed by atoms with van der Waals surface area (Å²) in [4.78, 5) is 4.46. The molecule has 3 rings (SSSR count). The molecule has 0 saturated heterocycles. The fraction of sp³-hybridized carbons (Fsp3) is 0.154. The first kappa shape index (κ1) is 7.74. The lowest BCUT2D eigenvalue weighted by Crippen LogP contribution is -2.26. The average molecular weight is 181 g/mol. The van der Waals surface area contributed by atoms with Crippen LogP contribution in [0.25, 0.3) is 12.2 Å². The second-order valence-electron chi connectivity index (χ2n) is 3.65. The first-order valence-electron chi connectivity index (χ1n) is 4.95. The Kier molecular flexibility index (Phi) is 1.63. The second-order valence-corrected chi connectivity index (χ2v) is 3.65. The van der Waals surface area contributed by atoms with Crippen LogP contribution in [0, 0.1) is 0 Å². The third kappa shape index (κ3) is 1.06. The molecule has 14 heavy (non-hydrogen) atoms. The summed E-state index contributed by atoms with van der Waals surface area (Å²) in [5.41, 5.74) is 2.86. The molecule has 1 heteroatoms. The Morgan fingerprint density at radius 1 is 0.929 bits per heavy atom. The van der Waals surface area contributed by atoms with Crippen LogP contribution in [0.15, 0.2) is 30.5 Å². The van der Waals surface area contributed by atoms with Crippen molar-refractivity contribution >= 4 is 12.2 Å². The van der Waals surface area contributed by atoms with Gasteiger partial charge in [0.05, 0.1) is 5.35 Å². The standard InChI is InChI=1S/C13H11N/c1-2-6-11-10(5-1)9-14-13-8-4-3-7-12(11)13/h1-5,8-9H,6-7H2. The van der Waals surface area contributed by atoms with E-state index in [9.17, 15) is 0 Å². The monoisotopic (exact) mass is 181 g/mol. The SMILES string of the molecule is C1=CCc2c3c(ncc2=C1)=CC=CC3. The van der Waals surface area contributed by atoms with Crippen LogP contribution in [0.5, 0.6) is 0 Å². The number of nitrogens with zero attached hydrogens (tertiary/aromatic N) is 1. The van der Waals surface area contributed by atoms with Crippen LogP contribution < -0.4 is 10.6 Å². The van der Waals surface area contributed by atoms with E-state index in [4.69, 9.17) is 0 Å². The minimum atomic E-state index is 1.03. The number of aromatic nitrogens is 1. The van der Waals surface area contributed by atoms with E-state index in [0.717, 1.165) is 18.2 Å². The van der Waals surface area contributed by atoms with Gasteiger partial charge < -0.3 is 0 Å². The average Bonchev–Trinajstić information content (AvgIpc) is 2.29. The van der Waals surface area contributed by atoms with Gasteiger partial charge in [-0.1, -0.05) is 30.4 Å². The van der Waals surface area contributed by atoms with E-state index in [1.807, 2.05) is 6.20 Å². The maximum absolute atomic E-state index is 4.46. The number of pyridine rings is 1. The first-order chi connectivity index (χ1) is 6.95. The van der Waals surface area contributed by atoms with Gasteiger partial charge in [0.2, 0.25) is 0 Å². The van der Waals surface area contributed by atoms with Gasteiger partial charge >= 0.3 is 0 Å². The Morgan fingerprint density at radius 2 is 1.71 bits per heavy atom. The van der Waals surface area contributed by atoms with Gasteiger partial charge in [-0.2, -0.15) is 0 Å². The molecule has 1 heterocycles. The molecule has 0 fully saturated rings. The zero-order valence-electron chi connectivity index (χ0n) is 7.90. The molecule has 1 aromatic rings. The molecule has 2 aliphatic rings. The van der Waals surface area contributed by atoms with Crippen molar-refractivity contribution in [1.29, 1.82) is 0 Å². The quantitative estimate of drug-likeness (QED) is 0.578. The highest BCUT2D eigenvalue weighted by Gasteiger charge is 2.07. The number of allylic oxidation sites excluding steroid dienone is 4. The molecule has 0 atom stereocenters. The molecule has 0 radical (unpaired) electrons. The molecule has 0 unspecified atom stereocenters. The van der Waals surface area contributed by atoms with Gasteiger partial charge in [-0.3, -0.25) is 4.98 Å². The lowest BCUT2D eigenvalue weighted by atomic mass is 9.96. The lowest BCUT2D eigenvalue weighted by molar-refractivity contribution is 1.03. The maximum Gasteiger partial charge on any atom is 0.0667 e. The van der Waals surface area contributed by atoms with Crippen molar-refractivity contribution in [1.82, 2.24) is 4.98 Å². The normalized spacial score (nSPS) is 16.6. The molecule has 1 aromatic heterocycles. The highest BCUT2D eigenvalue weighted by molar-refractivity contribution is 5.50. The van der Waals surface area contributed by atoms with Crippen LogP contribution in [0.4, 0.5) is 0 Å². The molecule has 1 nitrogen and oxygen atoms in total. The molecule has 0 amide bonds. The van der Waals surface area contributed by atoms with Crippen molar-refractivity contribution in [3.63, 3.8) is 0 Å². The molecule has 0 saturated carbocycles. The van der Waals surface area contributed by atoms with E-state index in [1.54, 1.807) is 0 Å². The molecule has 0 spiro atoms. The highest BCUT2D eigenvalue weighted by Crippen LogP contribution is 2.07. The van der Waals surface area contributed by atoms with Gasteiger partial charge in [-0.15, -0.1) is 0 Å². The van der Waals surface area contributed by atoms with Crippen molar-refractivity contribution in [3.8, 4) is 0 Å². The molecule has 0 bridgehead atoms. The predicted molar refractivity (Wildman–Crippen MR) is 58.1 cm³/mol. The molecule has 0 N–H and O–H groups in total. The molecular formula is C13H11N. The van der Waals surface area contributed by atoms with Gasteiger partial charge in [0.15, 0.2) is 0 Å². The summed E-state index contributed by atoms with van der Waals surface area (Å²) in [5.74, 6) is 0. The smallest absolute Gasteiger partial charge is 0.0667 e. The molecule has 0 aliphatic heterocycles. The van der Waals surface area contributed by atoms with Crippen molar-refractivity contribution in [2.45, 2.75) is 12.8 Å². The third-order valence-electron chi connectivity index (χ3n) is 2.81. The number of rotatable bonds is 0. The third-order valence-corrected chi connectivity index (χ3v) is 2.81. The largest absolute Gasteiger partial charge is 0.256 e. The molecule has 0 aromatic carbocycles. The summed E-state index contributed by atoms with van der Waals surface area (Å²) < 4.78 is 0. The van der Waals surface area contributed by atoms with Gasteiger partial charge in [-0.25, -0.2) is 0 Å². The van der Waals surface area contributed by atoms with Crippen LogP contribution >= 0.6 is 0 Å². The summed E-state index contributed by atoms with van der Waals surface area (Å²) in [6.07, 6.45) is 16.9. The van der Waals surface area contributed by atoms with E-state index in [-0.39, 0.29) is 0 Å². The van der Waals surface area contributed by atoms with Gasteiger partial charge in [-0.05, 0) is 35.3 Å². The van der Waals surface area contributed by atoms with E-state index < -0.39 is 0 Å². The minimum absolute atomic E-state index is 1.03. The zero-order chi connectivity index (χ0) is 9.38. The van der Waals surface area contributed by atoms with Crippen LogP contribution in [0.3, 0.4) is 0 Å².